The van der Waals surface area contributed by atoms with Gasteiger partial charge in [-0.3, -0.25) is 4.90 Å². The summed E-state index contributed by atoms with van der Waals surface area (Å²) in [5.74, 6) is 0.251. The van der Waals surface area contributed by atoms with E-state index in [-0.39, 0.29) is 5.56 Å². The minimum Gasteiger partial charge on any atom is -0.404 e. The number of allylic oxidation sites excluding steroid dienone is 1. The molecular weight excluding hydrogens is 371 g/mol. The van der Waals surface area contributed by atoms with E-state index in [0.29, 0.717) is 29.0 Å². The summed E-state index contributed by atoms with van der Waals surface area (Å²) in [6.07, 6.45) is 8.17. The van der Waals surface area contributed by atoms with Crippen LogP contribution in [0.5, 0.6) is 0 Å². The summed E-state index contributed by atoms with van der Waals surface area (Å²) in [7, 11) is 0. The summed E-state index contributed by atoms with van der Waals surface area (Å²) >= 11 is 0. The Kier molecular flexibility index (Phi) is 6.01. The highest BCUT2D eigenvalue weighted by Crippen LogP contribution is 2.30. The monoisotopic (exact) mass is 398 g/mol. The van der Waals surface area contributed by atoms with E-state index in [0.717, 1.165) is 63.6 Å². The highest BCUT2D eigenvalue weighted by Gasteiger charge is 2.27. The van der Waals surface area contributed by atoms with Crippen LogP contribution in [-0.4, -0.2) is 59.5 Å². The van der Waals surface area contributed by atoms with Gasteiger partial charge in [0, 0.05) is 60.2 Å². The van der Waals surface area contributed by atoms with Crippen molar-refractivity contribution in [1.29, 1.82) is 5.41 Å². The van der Waals surface area contributed by atoms with Crippen molar-refractivity contribution < 1.29 is 9.13 Å². The molecule has 4 rings (SSSR count). The third-order valence-electron chi connectivity index (χ3n) is 5.97. The first kappa shape index (κ1) is 19.7. The van der Waals surface area contributed by atoms with Crippen molar-refractivity contribution in [2.45, 2.75) is 37.8 Å². The highest BCUT2D eigenvalue weighted by atomic mass is 19.1. The SMILES string of the molecule is N=C/C(=C\N)c1cc2c(N[C@H]3CC[C@H](N4CCOCC4)CC3)ncnc2cc1F. The van der Waals surface area contributed by atoms with Crippen molar-refractivity contribution in [2.24, 2.45) is 5.73 Å². The van der Waals surface area contributed by atoms with Crippen LogP contribution in [0.4, 0.5) is 10.2 Å². The molecule has 0 bridgehead atoms. The number of nitrogens with two attached hydrogens (primary N) is 1. The predicted octanol–water partition coefficient (Wildman–Crippen LogP) is 2.77. The van der Waals surface area contributed by atoms with E-state index >= 15 is 0 Å². The largest absolute Gasteiger partial charge is 0.404 e. The van der Waals surface area contributed by atoms with Gasteiger partial charge >= 0.3 is 0 Å². The first-order chi connectivity index (χ1) is 14.2. The Morgan fingerprint density at radius 1 is 1.21 bits per heavy atom. The topological polar surface area (TPSA) is 100 Å². The van der Waals surface area contributed by atoms with E-state index in [1.165, 1.54) is 18.6 Å². The Balaban J connectivity index is 1.51. The second-order valence-electron chi connectivity index (χ2n) is 7.64. The lowest BCUT2D eigenvalue weighted by Gasteiger charge is -2.39. The lowest BCUT2D eigenvalue weighted by atomic mass is 9.90. The zero-order valence-corrected chi connectivity index (χ0v) is 16.4. The van der Waals surface area contributed by atoms with Crippen molar-refractivity contribution >= 4 is 28.5 Å². The molecule has 2 heterocycles. The summed E-state index contributed by atoms with van der Waals surface area (Å²) in [6.45, 7) is 3.72. The minimum absolute atomic E-state index is 0.281. The molecule has 4 N–H and O–H groups in total. The first-order valence-corrected chi connectivity index (χ1v) is 10.1. The van der Waals surface area contributed by atoms with Crippen LogP contribution < -0.4 is 11.1 Å². The van der Waals surface area contributed by atoms with Crippen LogP contribution in [0, 0.1) is 11.2 Å². The smallest absolute Gasteiger partial charge is 0.137 e. The average Bonchev–Trinajstić information content (AvgIpc) is 2.76. The first-order valence-electron chi connectivity index (χ1n) is 10.1. The average molecular weight is 398 g/mol. The molecule has 2 fully saturated rings. The number of aromatic nitrogens is 2. The van der Waals surface area contributed by atoms with Crippen LogP contribution in [0.25, 0.3) is 16.5 Å². The maximum Gasteiger partial charge on any atom is 0.137 e. The van der Waals surface area contributed by atoms with Crippen LogP contribution in [0.2, 0.25) is 0 Å². The van der Waals surface area contributed by atoms with Gasteiger partial charge in [0.05, 0.1) is 18.7 Å². The molecule has 0 radical (unpaired) electrons. The number of ether oxygens (including phenoxy) is 1. The Bertz CT molecular complexity index is 903. The molecule has 1 aromatic heterocycles. The van der Waals surface area contributed by atoms with Gasteiger partial charge in [0.2, 0.25) is 0 Å². The van der Waals surface area contributed by atoms with Gasteiger partial charge in [0.25, 0.3) is 0 Å². The molecule has 29 heavy (non-hydrogen) atoms. The summed E-state index contributed by atoms with van der Waals surface area (Å²) in [5, 5.41) is 11.7. The van der Waals surface area contributed by atoms with E-state index in [4.69, 9.17) is 15.9 Å². The number of morpholine rings is 1. The normalized spacial score (nSPS) is 23.8. The van der Waals surface area contributed by atoms with Gasteiger partial charge in [0.15, 0.2) is 0 Å². The van der Waals surface area contributed by atoms with Crippen molar-refractivity contribution in [2.75, 3.05) is 31.6 Å². The molecule has 7 nitrogen and oxygen atoms in total. The maximum atomic E-state index is 14.5. The number of fused-ring (bicyclic) bond motifs is 1. The summed E-state index contributed by atoms with van der Waals surface area (Å²) < 4.78 is 19.9. The van der Waals surface area contributed by atoms with Gasteiger partial charge in [0.1, 0.15) is 18.0 Å². The number of hydrogen-bond acceptors (Lipinski definition) is 7. The second-order valence-corrected chi connectivity index (χ2v) is 7.64. The van der Waals surface area contributed by atoms with Gasteiger partial charge < -0.3 is 21.2 Å². The summed E-state index contributed by atoms with van der Waals surface area (Å²) in [5.41, 5.74) is 6.69. The Morgan fingerprint density at radius 2 is 1.97 bits per heavy atom. The van der Waals surface area contributed by atoms with E-state index < -0.39 is 5.82 Å². The van der Waals surface area contributed by atoms with Gasteiger partial charge in [-0.05, 0) is 31.7 Å². The van der Waals surface area contributed by atoms with Gasteiger partial charge in [-0.15, -0.1) is 0 Å². The molecule has 2 aromatic rings. The molecule has 1 aliphatic carbocycles. The fourth-order valence-corrected chi connectivity index (χ4v) is 4.35. The molecule has 8 heteroatoms. The molecular formula is C21H27FN6O. The van der Waals surface area contributed by atoms with Gasteiger partial charge in [-0.2, -0.15) is 0 Å². The van der Waals surface area contributed by atoms with E-state index in [1.54, 1.807) is 6.07 Å². The fourth-order valence-electron chi connectivity index (χ4n) is 4.35. The number of rotatable bonds is 5. The fraction of sp³-hybridized carbons (Fsp3) is 0.476. The van der Waals surface area contributed by atoms with Crippen LogP contribution in [0.15, 0.2) is 24.7 Å². The van der Waals surface area contributed by atoms with Crippen LogP contribution >= 0.6 is 0 Å². The Morgan fingerprint density at radius 3 is 2.66 bits per heavy atom. The van der Waals surface area contributed by atoms with E-state index in [1.807, 2.05) is 0 Å². The standard InChI is InChI=1S/C21H27FN6O/c22-19-10-20-18(9-17(19)14(11-23)12-24)21(26-13-25-20)27-15-1-3-16(4-2-15)28-5-7-29-8-6-28/h9-13,15-16,23H,1-8,24H2,(H,25,26,27)/b14-12+,23-11?/t15-,16-. The number of hydrogen-bond donors (Lipinski definition) is 3. The molecule has 0 amide bonds. The van der Waals surface area contributed by atoms with Crippen molar-refractivity contribution in [3.63, 3.8) is 0 Å². The quantitative estimate of drug-likeness (QED) is 0.670. The molecule has 1 aromatic carbocycles. The zero-order valence-electron chi connectivity index (χ0n) is 16.4. The van der Waals surface area contributed by atoms with E-state index in [9.17, 15) is 4.39 Å². The lowest BCUT2D eigenvalue weighted by molar-refractivity contribution is 0.00791. The predicted molar refractivity (Wildman–Crippen MR) is 113 cm³/mol. The molecule has 0 unspecified atom stereocenters. The second kappa shape index (κ2) is 8.84. The third kappa shape index (κ3) is 4.23. The molecule has 154 valence electrons. The Labute approximate surface area is 169 Å². The number of nitrogens with one attached hydrogen (secondary N) is 2. The number of nitrogens with zero attached hydrogens (tertiary/aromatic N) is 3. The van der Waals surface area contributed by atoms with Crippen molar-refractivity contribution in [3.05, 3.63) is 36.0 Å². The molecule has 1 saturated carbocycles. The maximum absolute atomic E-state index is 14.5. The third-order valence-corrected chi connectivity index (χ3v) is 5.97. The van der Waals surface area contributed by atoms with E-state index in [2.05, 4.69) is 20.2 Å². The molecule has 1 aliphatic heterocycles. The minimum atomic E-state index is -0.451. The van der Waals surface area contributed by atoms with Crippen LogP contribution in [0.3, 0.4) is 0 Å². The Hall–Kier alpha value is -2.58. The van der Waals surface area contributed by atoms with Gasteiger partial charge in [-0.1, -0.05) is 0 Å². The summed E-state index contributed by atoms with van der Waals surface area (Å²) in [4.78, 5) is 11.2. The number of benzene rings is 1. The van der Waals surface area contributed by atoms with Gasteiger partial charge in [-0.25, -0.2) is 14.4 Å². The van der Waals surface area contributed by atoms with Crippen molar-refractivity contribution in [1.82, 2.24) is 14.9 Å². The number of anilines is 1. The lowest BCUT2D eigenvalue weighted by Crippen LogP contribution is -2.46. The molecule has 0 atom stereocenters. The van der Waals surface area contributed by atoms with Crippen LogP contribution in [0.1, 0.15) is 31.2 Å². The molecule has 2 aliphatic rings. The van der Waals surface area contributed by atoms with Crippen molar-refractivity contribution in [3.8, 4) is 0 Å². The molecule has 1 saturated heterocycles. The summed E-state index contributed by atoms with van der Waals surface area (Å²) in [6, 6.07) is 4.01. The number of halogens is 1. The molecule has 0 spiro atoms. The highest BCUT2D eigenvalue weighted by molar-refractivity contribution is 6.09. The van der Waals surface area contributed by atoms with Crippen LogP contribution in [-0.2, 0) is 4.74 Å². The zero-order chi connectivity index (χ0) is 20.2.